The van der Waals surface area contributed by atoms with Crippen molar-refractivity contribution in [1.29, 1.82) is 0 Å². The highest BCUT2D eigenvalue weighted by Gasteiger charge is 2.08. The van der Waals surface area contributed by atoms with Crippen molar-refractivity contribution >= 4 is 22.6 Å². The zero-order chi connectivity index (χ0) is 19.8. The fourth-order valence-corrected chi connectivity index (χ4v) is 3.07. The molecule has 0 fully saturated rings. The second kappa shape index (κ2) is 9.55. The Morgan fingerprint density at radius 1 is 0.857 bits per heavy atom. The van der Waals surface area contributed by atoms with Crippen LogP contribution in [0, 0.1) is 0 Å². The van der Waals surface area contributed by atoms with Gasteiger partial charge in [0.2, 0.25) is 5.91 Å². The lowest BCUT2D eigenvalue weighted by Gasteiger charge is -2.13. The van der Waals surface area contributed by atoms with E-state index in [1.165, 1.54) is 10.8 Å². The molecule has 0 aromatic heterocycles. The molecule has 1 amide bonds. The van der Waals surface area contributed by atoms with Crippen LogP contribution >= 0.6 is 0 Å². The van der Waals surface area contributed by atoms with Gasteiger partial charge in [0, 0.05) is 13.0 Å². The number of rotatable bonds is 9. The average Bonchev–Trinajstić information content (AvgIpc) is 2.71. The topological polar surface area (TPSA) is 75.6 Å². The summed E-state index contributed by atoms with van der Waals surface area (Å²) >= 11 is 0. The van der Waals surface area contributed by atoms with E-state index in [1.807, 2.05) is 42.5 Å². The van der Waals surface area contributed by atoms with Gasteiger partial charge in [0.05, 0.1) is 6.42 Å². The highest BCUT2D eigenvalue weighted by molar-refractivity contribution is 5.85. The zero-order valence-electron chi connectivity index (χ0n) is 15.6. The molecule has 3 aromatic rings. The van der Waals surface area contributed by atoms with E-state index in [-0.39, 0.29) is 18.7 Å². The first-order valence-electron chi connectivity index (χ1n) is 9.29. The fraction of sp³-hybridized carbons (Fsp3) is 0.217. The number of carboxylic acid groups (broad SMARTS) is 1. The summed E-state index contributed by atoms with van der Waals surface area (Å²) in [6, 6.07) is 22.1. The first kappa shape index (κ1) is 19.4. The summed E-state index contributed by atoms with van der Waals surface area (Å²) in [6.07, 6.45) is 0.454. The van der Waals surface area contributed by atoms with Crippen molar-refractivity contribution in [1.82, 2.24) is 5.32 Å². The third kappa shape index (κ3) is 5.33. The lowest BCUT2D eigenvalue weighted by molar-refractivity contribution is -0.138. The second-order valence-electron chi connectivity index (χ2n) is 6.53. The van der Waals surface area contributed by atoms with Crippen molar-refractivity contribution in [2.24, 2.45) is 0 Å². The van der Waals surface area contributed by atoms with E-state index in [4.69, 9.17) is 9.84 Å². The van der Waals surface area contributed by atoms with Crippen molar-refractivity contribution in [3.8, 4) is 5.75 Å². The van der Waals surface area contributed by atoms with Gasteiger partial charge in [0.25, 0.3) is 0 Å². The van der Waals surface area contributed by atoms with Gasteiger partial charge < -0.3 is 15.2 Å². The number of ether oxygens (including phenoxy) is 1. The Kier molecular flexibility index (Phi) is 6.63. The molecule has 0 atom stereocenters. The average molecular weight is 377 g/mol. The standard InChI is InChI=1S/C23H23NO4/c25-22(12-13-23(26)27)24-15-14-18-7-2-4-11-21(18)28-16-19-9-5-8-17-6-1-3-10-20(17)19/h1-11H,12-16H2,(H,24,25)(H,26,27). The third-order valence-corrected chi connectivity index (χ3v) is 4.52. The van der Waals surface area contributed by atoms with E-state index < -0.39 is 5.97 Å². The molecule has 2 N–H and O–H groups in total. The highest BCUT2D eigenvalue weighted by Crippen LogP contribution is 2.23. The predicted octanol–water partition coefficient (Wildman–Crippen LogP) is 3.94. The maximum atomic E-state index is 11.7. The number of benzene rings is 3. The minimum atomic E-state index is -0.970. The van der Waals surface area contributed by atoms with Gasteiger partial charge in [0.15, 0.2) is 0 Å². The summed E-state index contributed by atoms with van der Waals surface area (Å²) in [7, 11) is 0. The van der Waals surface area contributed by atoms with Crippen LogP contribution in [0.3, 0.4) is 0 Å². The number of carboxylic acids is 1. The quantitative estimate of drug-likeness (QED) is 0.592. The van der Waals surface area contributed by atoms with Crippen LogP contribution in [0.15, 0.2) is 66.7 Å². The minimum absolute atomic E-state index is 0.00540. The molecule has 0 bridgehead atoms. The van der Waals surface area contributed by atoms with Gasteiger partial charge >= 0.3 is 5.97 Å². The molecule has 3 rings (SSSR count). The van der Waals surface area contributed by atoms with Gasteiger partial charge in [-0.05, 0) is 34.4 Å². The van der Waals surface area contributed by atoms with Crippen LogP contribution in [0.25, 0.3) is 10.8 Å². The summed E-state index contributed by atoms with van der Waals surface area (Å²) in [4.78, 5) is 22.2. The Morgan fingerprint density at radius 2 is 1.57 bits per heavy atom. The number of carbonyl (C=O) groups is 2. The first-order chi connectivity index (χ1) is 13.6. The SMILES string of the molecule is O=C(O)CCC(=O)NCCc1ccccc1OCc1cccc2ccccc12. The van der Waals surface area contributed by atoms with Crippen molar-refractivity contribution < 1.29 is 19.4 Å². The fourth-order valence-electron chi connectivity index (χ4n) is 3.07. The summed E-state index contributed by atoms with van der Waals surface area (Å²) in [5.41, 5.74) is 2.12. The predicted molar refractivity (Wildman–Crippen MR) is 108 cm³/mol. The number of hydrogen-bond donors (Lipinski definition) is 2. The van der Waals surface area contributed by atoms with Crippen molar-refractivity contribution in [2.75, 3.05) is 6.54 Å². The summed E-state index contributed by atoms with van der Waals surface area (Å²) in [5.74, 6) is -0.436. The lowest BCUT2D eigenvalue weighted by atomic mass is 10.1. The molecule has 144 valence electrons. The van der Waals surface area contributed by atoms with E-state index in [9.17, 15) is 9.59 Å². The molecule has 0 saturated carbocycles. The van der Waals surface area contributed by atoms with Gasteiger partial charge in [0.1, 0.15) is 12.4 Å². The van der Waals surface area contributed by atoms with Crippen LogP contribution < -0.4 is 10.1 Å². The van der Waals surface area contributed by atoms with Gasteiger partial charge in [-0.15, -0.1) is 0 Å². The van der Waals surface area contributed by atoms with E-state index in [0.29, 0.717) is 19.6 Å². The van der Waals surface area contributed by atoms with Gasteiger partial charge in [-0.2, -0.15) is 0 Å². The molecular formula is C23H23NO4. The van der Waals surface area contributed by atoms with Gasteiger partial charge in [-0.1, -0.05) is 60.7 Å². The molecule has 28 heavy (non-hydrogen) atoms. The van der Waals surface area contributed by atoms with Crippen LogP contribution in [0.5, 0.6) is 5.75 Å². The number of carbonyl (C=O) groups excluding carboxylic acids is 1. The molecule has 0 saturated heterocycles. The molecular weight excluding hydrogens is 354 g/mol. The maximum Gasteiger partial charge on any atom is 0.303 e. The first-order valence-corrected chi connectivity index (χ1v) is 9.29. The van der Waals surface area contributed by atoms with Crippen molar-refractivity contribution in [2.45, 2.75) is 25.9 Å². The monoisotopic (exact) mass is 377 g/mol. The Hall–Kier alpha value is -3.34. The van der Waals surface area contributed by atoms with Crippen LogP contribution in [0.4, 0.5) is 0 Å². The smallest absolute Gasteiger partial charge is 0.303 e. The summed E-state index contributed by atoms with van der Waals surface area (Å²) < 4.78 is 6.08. The molecule has 0 aliphatic rings. The number of nitrogens with one attached hydrogen (secondary N) is 1. The zero-order valence-corrected chi connectivity index (χ0v) is 15.6. The third-order valence-electron chi connectivity index (χ3n) is 4.52. The Balaban J connectivity index is 1.59. The van der Waals surface area contributed by atoms with Crippen molar-refractivity contribution in [3.05, 3.63) is 77.9 Å². The van der Waals surface area contributed by atoms with Crippen molar-refractivity contribution in [3.63, 3.8) is 0 Å². The number of hydrogen-bond acceptors (Lipinski definition) is 3. The molecule has 5 heteroatoms. The highest BCUT2D eigenvalue weighted by atomic mass is 16.5. The molecule has 0 aliphatic carbocycles. The number of aliphatic carboxylic acids is 1. The molecule has 0 heterocycles. The second-order valence-corrected chi connectivity index (χ2v) is 6.53. The van der Waals surface area contributed by atoms with Crippen LogP contribution in [0.1, 0.15) is 24.0 Å². The Morgan fingerprint density at radius 3 is 2.43 bits per heavy atom. The lowest BCUT2D eigenvalue weighted by Crippen LogP contribution is -2.26. The van der Waals surface area contributed by atoms with Crippen LogP contribution in [-0.4, -0.2) is 23.5 Å². The number of amides is 1. The molecule has 3 aromatic carbocycles. The number of fused-ring (bicyclic) bond motifs is 1. The van der Waals surface area contributed by atoms with E-state index in [2.05, 4.69) is 29.6 Å². The Labute approximate surface area is 164 Å². The van der Waals surface area contributed by atoms with Crippen LogP contribution in [-0.2, 0) is 22.6 Å². The van der Waals surface area contributed by atoms with E-state index in [1.54, 1.807) is 0 Å². The van der Waals surface area contributed by atoms with E-state index >= 15 is 0 Å². The molecule has 5 nitrogen and oxygen atoms in total. The number of para-hydroxylation sites is 1. The largest absolute Gasteiger partial charge is 0.489 e. The normalized spacial score (nSPS) is 10.6. The molecule has 0 spiro atoms. The molecule has 0 radical (unpaired) electrons. The Bertz CT molecular complexity index is 962. The van der Waals surface area contributed by atoms with E-state index in [0.717, 1.165) is 16.9 Å². The molecule has 0 unspecified atom stereocenters. The van der Waals surface area contributed by atoms with Crippen LogP contribution in [0.2, 0.25) is 0 Å². The summed E-state index contributed by atoms with van der Waals surface area (Å²) in [5, 5.41) is 13.7. The van der Waals surface area contributed by atoms with Gasteiger partial charge in [-0.3, -0.25) is 9.59 Å². The summed E-state index contributed by atoms with van der Waals surface area (Å²) in [6.45, 7) is 0.899. The molecule has 0 aliphatic heterocycles. The maximum absolute atomic E-state index is 11.7. The van der Waals surface area contributed by atoms with Gasteiger partial charge in [-0.25, -0.2) is 0 Å². The minimum Gasteiger partial charge on any atom is -0.489 e.